The number of hydrogen-bond acceptors (Lipinski definition) is 4. The first-order valence-electron chi connectivity index (χ1n) is 9.69. The van der Waals surface area contributed by atoms with Gasteiger partial charge in [0.1, 0.15) is 0 Å². The number of halogens is 3. The first-order valence-corrected chi connectivity index (χ1v) is 11.1. The number of sulfonamides is 1. The number of hydrogen-bond donors (Lipinski definition) is 2. The fourth-order valence-corrected chi connectivity index (χ4v) is 4.34. The predicted molar refractivity (Wildman–Crippen MR) is 106 cm³/mol. The van der Waals surface area contributed by atoms with Crippen molar-refractivity contribution in [3.8, 4) is 0 Å². The number of guanidine groups is 1. The Kier molecular flexibility index (Phi) is 9.48. The molecular formula is C17H34F3N5O2S. The summed E-state index contributed by atoms with van der Waals surface area (Å²) in [5.74, 6) is 0.581. The van der Waals surface area contributed by atoms with Crippen molar-refractivity contribution in [1.82, 2.24) is 19.8 Å². The topological polar surface area (TPSA) is 77.0 Å². The Balaban J connectivity index is 2.41. The van der Waals surface area contributed by atoms with Gasteiger partial charge in [-0.25, -0.2) is 8.42 Å². The van der Waals surface area contributed by atoms with Crippen LogP contribution in [0.5, 0.6) is 0 Å². The van der Waals surface area contributed by atoms with Crippen LogP contribution in [0.15, 0.2) is 4.99 Å². The van der Waals surface area contributed by atoms with Crippen molar-refractivity contribution in [1.29, 1.82) is 0 Å². The largest absolute Gasteiger partial charge is 0.511 e. The Morgan fingerprint density at radius 2 is 1.71 bits per heavy atom. The molecule has 1 aliphatic heterocycles. The van der Waals surface area contributed by atoms with Crippen LogP contribution in [0.4, 0.5) is 13.2 Å². The van der Waals surface area contributed by atoms with Crippen molar-refractivity contribution >= 4 is 16.0 Å². The molecule has 1 rings (SSSR count). The number of piperidine rings is 1. The smallest absolute Gasteiger partial charge is 0.356 e. The van der Waals surface area contributed by atoms with E-state index in [9.17, 15) is 21.6 Å². The molecule has 0 aromatic carbocycles. The average Bonchev–Trinajstić information content (AvgIpc) is 2.59. The molecule has 0 amide bonds. The van der Waals surface area contributed by atoms with Crippen molar-refractivity contribution in [2.75, 3.05) is 33.2 Å². The maximum absolute atomic E-state index is 12.6. The standard InChI is InChI=1S/C17H34F3N5O2S/c1-13(2)25(14(3)4)10-6-9-22-16(21-5)23-15-7-11-24(12-8-15)28(26,27)17(18,19)20/h13-15H,6-12H2,1-5H3,(H2,21,22,23). The quantitative estimate of drug-likeness (QED) is 0.351. The van der Waals surface area contributed by atoms with Gasteiger partial charge in [-0.15, -0.1) is 0 Å². The summed E-state index contributed by atoms with van der Waals surface area (Å²) in [5, 5.41) is 6.39. The Morgan fingerprint density at radius 3 is 2.14 bits per heavy atom. The number of aliphatic imine (C=N–C) groups is 1. The van der Waals surface area contributed by atoms with Gasteiger partial charge in [-0.05, 0) is 47.0 Å². The maximum atomic E-state index is 12.6. The van der Waals surface area contributed by atoms with E-state index in [1.807, 2.05) is 0 Å². The lowest BCUT2D eigenvalue weighted by molar-refractivity contribution is -0.0494. The molecule has 0 aromatic rings. The minimum atomic E-state index is -5.25. The van der Waals surface area contributed by atoms with Gasteiger partial charge in [0.15, 0.2) is 5.96 Å². The fraction of sp³-hybridized carbons (Fsp3) is 0.941. The van der Waals surface area contributed by atoms with Gasteiger partial charge in [0.05, 0.1) is 0 Å². The lowest BCUT2D eigenvalue weighted by atomic mass is 10.1. The second-order valence-electron chi connectivity index (χ2n) is 7.55. The van der Waals surface area contributed by atoms with Crippen LogP contribution >= 0.6 is 0 Å². The molecule has 0 spiro atoms. The van der Waals surface area contributed by atoms with E-state index in [0.29, 0.717) is 35.2 Å². The SMILES string of the molecule is CN=C(NCCCN(C(C)C)C(C)C)NC1CCN(S(=O)(=O)C(F)(F)F)CC1. The molecule has 0 radical (unpaired) electrons. The van der Waals surface area contributed by atoms with Gasteiger partial charge in [0.25, 0.3) is 0 Å². The van der Waals surface area contributed by atoms with E-state index in [1.165, 1.54) is 0 Å². The van der Waals surface area contributed by atoms with E-state index in [-0.39, 0.29) is 19.1 Å². The molecule has 2 N–H and O–H groups in total. The minimum Gasteiger partial charge on any atom is -0.356 e. The third kappa shape index (κ3) is 7.07. The Morgan fingerprint density at radius 1 is 1.18 bits per heavy atom. The summed E-state index contributed by atoms with van der Waals surface area (Å²) in [4.78, 5) is 6.54. The van der Waals surface area contributed by atoms with Crippen molar-refractivity contribution in [3.05, 3.63) is 0 Å². The molecule has 1 fully saturated rings. The van der Waals surface area contributed by atoms with Crippen molar-refractivity contribution in [3.63, 3.8) is 0 Å². The van der Waals surface area contributed by atoms with E-state index < -0.39 is 15.5 Å². The molecule has 0 saturated carbocycles. The summed E-state index contributed by atoms with van der Waals surface area (Å²) in [6.07, 6.45) is 1.52. The number of alkyl halides is 3. The molecule has 0 bridgehead atoms. The highest BCUT2D eigenvalue weighted by molar-refractivity contribution is 7.90. The van der Waals surface area contributed by atoms with E-state index in [4.69, 9.17) is 0 Å². The van der Waals surface area contributed by atoms with Crippen LogP contribution in [0.3, 0.4) is 0 Å². The highest BCUT2D eigenvalue weighted by atomic mass is 32.2. The monoisotopic (exact) mass is 429 g/mol. The van der Waals surface area contributed by atoms with Gasteiger partial charge in [-0.1, -0.05) is 0 Å². The second-order valence-corrected chi connectivity index (χ2v) is 9.48. The van der Waals surface area contributed by atoms with Gasteiger partial charge in [0, 0.05) is 51.4 Å². The fourth-order valence-electron chi connectivity index (χ4n) is 3.36. The van der Waals surface area contributed by atoms with Crippen LogP contribution in [0.25, 0.3) is 0 Å². The summed E-state index contributed by atoms with van der Waals surface area (Å²) >= 11 is 0. The first-order chi connectivity index (χ1) is 12.9. The molecule has 7 nitrogen and oxygen atoms in total. The highest BCUT2D eigenvalue weighted by Gasteiger charge is 2.50. The zero-order valence-corrected chi connectivity index (χ0v) is 18.2. The molecule has 0 aromatic heterocycles. The lowest BCUT2D eigenvalue weighted by Crippen LogP contribution is -2.51. The predicted octanol–water partition coefficient (Wildman–Crippen LogP) is 1.97. The maximum Gasteiger partial charge on any atom is 0.511 e. The Hall–Kier alpha value is -1.07. The molecule has 1 saturated heterocycles. The molecule has 1 aliphatic rings. The normalized spacial score (nSPS) is 18.3. The second kappa shape index (κ2) is 10.6. The van der Waals surface area contributed by atoms with Gasteiger partial charge in [-0.3, -0.25) is 9.89 Å². The summed E-state index contributed by atoms with van der Waals surface area (Å²) in [6, 6.07) is 0.819. The third-order valence-corrected chi connectivity index (χ3v) is 6.49. The molecule has 1 heterocycles. The molecule has 0 atom stereocenters. The van der Waals surface area contributed by atoms with Gasteiger partial charge >= 0.3 is 15.5 Å². The number of nitrogens with zero attached hydrogens (tertiary/aromatic N) is 3. The van der Waals surface area contributed by atoms with Crippen molar-refractivity contribution in [2.24, 2.45) is 4.99 Å². The average molecular weight is 430 g/mol. The Labute approximate surface area is 166 Å². The van der Waals surface area contributed by atoms with E-state index in [2.05, 4.69) is 48.2 Å². The Bertz CT molecular complexity index is 592. The van der Waals surface area contributed by atoms with Crippen LogP contribution < -0.4 is 10.6 Å². The van der Waals surface area contributed by atoms with Crippen molar-refractivity contribution in [2.45, 2.75) is 70.6 Å². The van der Waals surface area contributed by atoms with Crippen LogP contribution in [0.2, 0.25) is 0 Å². The third-order valence-electron chi connectivity index (χ3n) is 4.86. The van der Waals surface area contributed by atoms with Gasteiger partial charge in [-0.2, -0.15) is 17.5 Å². The van der Waals surface area contributed by atoms with E-state index >= 15 is 0 Å². The summed E-state index contributed by atoms with van der Waals surface area (Å²) in [6.45, 7) is 10.0. The summed E-state index contributed by atoms with van der Waals surface area (Å²) in [5.41, 5.74) is -5.25. The van der Waals surface area contributed by atoms with Crippen molar-refractivity contribution < 1.29 is 21.6 Å². The molecular weight excluding hydrogens is 395 g/mol. The first kappa shape index (κ1) is 25.0. The molecule has 11 heteroatoms. The lowest BCUT2D eigenvalue weighted by Gasteiger charge is -2.33. The van der Waals surface area contributed by atoms with E-state index in [1.54, 1.807) is 7.05 Å². The summed E-state index contributed by atoms with van der Waals surface area (Å²) < 4.78 is 61.3. The molecule has 28 heavy (non-hydrogen) atoms. The zero-order chi connectivity index (χ0) is 21.5. The number of rotatable bonds is 8. The zero-order valence-electron chi connectivity index (χ0n) is 17.4. The molecule has 0 unspecified atom stereocenters. The number of nitrogens with one attached hydrogen (secondary N) is 2. The van der Waals surface area contributed by atoms with Crippen LogP contribution in [0, 0.1) is 0 Å². The molecule has 166 valence electrons. The van der Waals surface area contributed by atoms with Crippen LogP contribution in [-0.2, 0) is 10.0 Å². The minimum absolute atomic E-state index is 0.117. The van der Waals surface area contributed by atoms with E-state index in [0.717, 1.165) is 19.5 Å². The van der Waals surface area contributed by atoms with Crippen LogP contribution in [0.1, 0.15) is 47.0 Å². The highest BCUT2D eigenvalue weighted by Crippen LogP contribution is 2.28. The van der Waals surface area contributed by atoms with Crippen LogP contribution in [-0.4, -0.2) is 80.4 Å². The van der Waals surface area contributed by atoms with Gasteiger partial charge in [0.2, 0.25) is 0 Å². The summed E-state index contributed by atoms with van der Waals surface area (Å²) in [7, 11) is -3.61. The van der Waals surface area contributed by atoms with Gasteiger partial charge < -0.3 is 10.6 Å². The molecule has 0 aliphatic carbocycles.